The number of rotatable bonds is 6. The molecule has 0 unspecified atom stereocenters. The average molecular weight is 802 g/mol. The number of furan rings is 1. The van der Waals surface area contributed by atoms with E-state index in [1.807, 2.05) is 6.07 Å². The fourth-order valence-corrected chi connectivity index (χ4v) is 10.8. The van der Waals surface area contributed by atoms with E-state index in [-0.39, 0.29) is 0 Å². The molecule has 0 saturated carbocycles. The first-order valence-electron chi connectivity index (χ1n) is 21.8. The van der Waals surface area contributed by atoms with E-state index >= 15 is 0 Å². The summed E-state index contributed by atoms with van der Waals surface area (Å²) >= 11 is 0. The molecular weight excluding hydrogens is 763 g/mol. The summed E-state index contributed by atoms with van der Waals surface area (Å²) in [4.78, 5) is 2.46. The molecule has 1 aromatic heterocycles. The molecule has 11 aromatic rings. The molecule has 0 amide bonds. The molecule has 294 valence electrons. The molecule has 0 atom stereocenters. The van der Waals surface area contributed by atoms with Gasteiger partial charge in [0.05, 0.1) is 11.1 Å². The first kappa shape index (κ1) is 35.5. The number of para-hydroxylation sites is 2. The lowest BCUT2D eigenvalue weighted by Gasteiger charge is -2.33. The van der Waals surface area contributed by atoms with Gasteiger partial charge in [-0.3, -0.25) is 0 Å². The van der Waals surface area contributed by atoms with E-state index in [2.05, 4.69) is 235 Å². The van der Waals surface area contributed by atoms with Crippen LogP contribution in [-0.2, 0) is 5.41 Å². The van der Waals surface area contributed by atoms with E-state index in [1.165, 1.54) is 55.6 Å². The second kappa shape index (κ2) is 13.9. The number of anilines is 3. The standard InChI is InChI=1S/C61H39NO/c1-3-16-40(17-4-1)43-32-37-58(53(38-43)41-18-5-2-6-19-41)62(44-33-30-42(31-34-44)46-24-15-25-52-51-23-10-14-29-59(51)63-60(46)52)45-35-36-50-49-22-9-13-28-56(49)61(57(50)39-45)54-26-11-7-20-47(54)48-21-8-12-27-55(48)61/h1-39H. The smallest absolute Gasteiger partial charge is 0.143 e. The third-order valence-electron chi connectivity index (χ3n) is 13.5. The van der Waals surface area contributed by atoms with Gasteiger partial charge in [-0.1, -0.05) is 194 Å². The monoisotopic (exact) mass is 801 g/mol. The Bertz CT molecular complexity index is 3500. The number of hydrogen-bond donors (Lipinski definition) is 0. The van der Waals surface area contributed by atoms with Gasteiger partial charge in [-0.25, -0.2) is 0 Å². The summed E-state index contributed by atoms with van der Waals surface area (Å²) in [5.41, 5.74) is 22.0. The van der Waals surface area contributed by atoms with Crippen molar-refractivity contribution in [3.8, 4) is 55.6 Å². The molecule has 13 rings (SSSR count). The third-order valence-corrected chi connectivity index (χ3v) is 13.5. The van der Waals surface area contributed by atoms with Gasteiger partial charge >= 0.3 is 0 Å². The highest BCUT2D eigenvalue weighted by molar-refractivity contribution is 6.09. The fraction of sp³-hybridized carbons (Fsp3) is 0.0164. The Morgan fingerprint density at radius 1 is 0.302 bits per heavy atom. The van der Waals surface area contributed by atoms with Crippen molar-refractivity contribution >= 4 is 39.0 Å². The summed E-state index contributed by atoms with van der Waals surface area (Å²) in [5.74, 6) is 0. The van der Waals surface area contributed by atoms with Crippen LogP contribution in [0.4, 0.5) is 17.1 Å². The van der Waals surface area contributed by atoms with E-state index in [9.17, 15) is 0 Å². The summed E-state index contributed by atoms with van der Waals surface area (Å²) < 4.78 is 6.52. The summed E-state index contributed by atoms with van der Waals surface area (Å²) in [6.07, 6.45) is 0. The maximum absolute atomic E-state index is 6.52. The first-order chi connectivity index (χ1) is 31.3. The Balaban J connectivity index is 1.05. The molecule has 2 aliphatic carbocycles. The third kappa shape index (κ3) is 5.25. The minimum Gasteiger partial charge on any atom is -0.455 e. The van der Waals surface area contributed by atoms with Gasteiger partial charge in [0.1, 0.15) is 11.2 Å². The van der Waals surface area contributed by atoms with Gasteiger partial charge in [-0.15, -0.1) is 0 Å². The van der Waals surface area contributed by atoms with Crippen molar-refractivity contribution in [1.29, 1.82) is 0 Å². The van der Waals surface area contributed by atoms with E-state index in [0.717, 1.165) is 61.3 Å². The van der Waals surface area contributed by atoms with Crippen LogP contribution in [0.2, 0.25) is 0 Å². The fourth-order valence-electron chi connectivity index (χ4n) is 10.8. The van der Waals surface area contributed by atoms with Crippen molar-refractivity contribution in [2.75, 3.05) is 4.90 Å². The van der Waals surface area contributed by atoms with Gasteiger partial charge in [0.15, 0.2) is 0 Å². The predicted octanol–water partition coefficient (Wildman–Crippen LogP) is 16.4. The van der Waals surface area contributed by atoms with Gasteiger partial charge < -0.3 is 9.32 Å². The van der Waals surface area contributed by atoms with Crippen molar-refractivity contribution in [3.63, 3.8) is 0 Å². The SMILES string of the molecule is c1ccc(-c2ccc(N(c3ccc(-c4cccc5c4oc4ccccc45)cc3)c3ccc4c(c3)C3(c5ccccc5-c5ccccc53)c3ccccc3-4)c(-c3ccccc3)c2)cc1. The average Bonchev–Trinajstić information content (AvgIpc) is 3.99. The molecule has 2 nitrogen and oxygen atoms in total. The number of fused-ring (bicyclic) bond motifs is 13. The second-order valence-corrected chi connectivity index (χ2v) is 16.7. The van der Waals surface area contributed by atoms with E-state index in [1.54, 1.807) is 0 Å². The maximum Gasteiger partial charge on any atom is 0.143 e. The highest BCUT2D eigenvalue weighted by atomic mass is 16.3. The predicted molar refractivity (Wildman–Crippen MR) is 261 cm³/mol. The second-order valence-electron chi connectivity index (χ2n) is 16.7. The summed E-state index contributed by atoms with van der Waals surface area (Å²) in [5, 5.41) is 2.26. The normalized spacial score (nSPS) is 12.9. The molecule has 1 heterocycles. The molecule has 10 aromatic carbocycles. The molecule has 0 aliphatic heterocycles. The van der Waals surface area contributed by atoms with Crippen molar-refractivity contribution in [1.82, 2.24) is 0 Å². The van der Waals surface area contributed by atoms with Crippen LogP contribution in [0.1, 0.15) is 22.3 Å². The lowest BCUT2D eigenvalue weighted by molar-refractivity contribution is 0.670. The van der Waals surface area contributed by atoms with Crippen LogP contribution < -0.4 is 4.90 Å². The molecule has 0 bridgehead atoms. The number of hydrogen-bond acceptors (Lipinski definition) is 2. The first-order valence-corrected chi connectivity index (χ1v) is 21.8. The van der Waals surface area contributed by atoms with Crippen LogP contribution >= 0.6 is 0 Å². The molecule has 0 N–H and O–H groups in total. The topological polar surface area (TPSA) is 16.4 Å². The summed E-state index contributed by atoms with van der Waals surface area (Å²) in [6, 6.07) is 86.5. The molecule has 2 heteroatoms. The Morgan fingerprint density at radius 3 is 1.49 bits per heavy atom. The zero-order valence-corrected chi connectivity index (χ0v) is 34.4. The molecule has 0 saturated heterocycles. The van der Waals surface area contributed by atoms with Crippen molar-refractivity contribution in [2.45, 2.75) is 5.41 Å². The molecule has 2 aliphatic rings. The number of nitrogens with zero attached hydrogens (tertiary/aromatic N) is 1. The maximum atomic E-state index is 6.52. The van der Waals surface area contributed by atoms with Gasteiger partial charge in [0.2, 0.25) is 0 Å². The summed E-state index contributed by atoms with van der Waals surface area (Å²) in [6.45, 7) is 0. The van der Waals surface area contributed by atoms with Crippen LogP contribution in [0, 0.1) is 0 Å². The van der Waals surface area contributed by atoms with Crippen molar-refractivity contribution in [2.24, 2.45) is 0 Å². The molecule has 0 radical (unpaired) electrons. The zero-order valence-electron chi connectivity index (χ0n) is 34.4. The van der Waals surface area contributed by atoms with Crippen LogP contribution in [0.3, 0.4) is 0 Å². The van der Waals surface area contributed by atoms with Crippen LogP contribution in [0.25, 0.3) is 77.6 Å². The van der Waals surface area contributed by atoms with E-state index in [4.69, 9.17) is 4.42 Å². The number of benzene rings is 10. The minimum atomic E-state index is -0.463. The van der Waals surface area contributed by atoms with Gasteiger partial charge in [-0.2, -0.15) is 0 Å². The zero-order chi connectivity index (χ0) is 41.5. The quantitative estimate of drug-likeness (QED) is 0.167. The van der Waals surface area contributed by atoms with Crippen molar-refractivity contribution < 1.29 is 4.42 Å². The molecule has 1 spiro atoms. The highest BCUT2D eigenvalue weighted by Crippen LogP contribution is 2.63. The van der Waals surface area contributed by atoms with Gasteiger partial charge in [0.25, 0.3) is 0 Å². The molecule has 63 heavy (non-hydrogen) atoms. The lowest BCUT2D eigenvalue weighted by atomic mass is 9.70. The largest absolute Gasteiger partial charge is 0.455 e. The Labute approximate surface area is 366 Å². The Hall–Kier alpha value is -8.20. The van der Waals surface area contributed by atoms with Gasteiger partial charge in [0, 0.05) is 33.3 Å². The highest BCUT2D eigenvalue weighted by Gasteiger charge is 2.51. The summed E-state index contributed by atoms with van der Waals surface area (Å²) in [7, 11) is 0. The lowest BCUT2D eigenvalue weighted by Crippen LogP contribution is -2.26. The minimum absolute atomic E-state index is 0.463. The van der Waals surface area contributed by atoms with Crippen LogP contribution in [0.15, 0.2) is 241 Å². The van der Waals surface area contributed by atoms with E-state index < -0.39 is 5.41 Å². The Morgan fingerprint density at radius 2 is 0.810 bits per heavy atom. The van der Waals surface area contributed by atoms with Crippen LogP contribution in [0.5, 0.6) is 0 Å². The van der Waals surface area contributed by atoms with Crippen LogP contribution in [-0.4, -0.2) is 0 Å². The molecule has 0 fully saturated rings. The van der Waals surface area contributed by atoms with Crippen molar-refractivity contribution in [3.05, 3.63) is 259 Å². The Kier molecular flexibility index (Phi) is 7.85. The van der Waals surface area contributed by atoms with E-state index in [0.29, 0.717) is 0 Å². The molecular formula is C61H39NO. The van der Waals surface area contributed by atoms with Gasteiger partial charge in [-0.05, 0) is 109 Å².